The highest BCUT2D eigenvalue weighted by Crippen LogP contribution is 2.13. The molecule has 1 aromatic heterocycles. The fourth-order valence-electron chi connectivity index (χ4n) is 2.32. The summed E-state index contributed by atoms with van der Waals surface area (Å²) in [7, 11) is 2.21. The van der Waals surface area contributed by atoms with Crippen molar-refractivity contribution in [3.63, 3.8) is 0 Å². The van der Waals surface area contributed by atoms with Gasteiger partial charge in [-0.05, 0) is 51.5 Å². The SMILES string of the molecule is CN(Cc1ccccn1)[C@@H]1CCCNCC1. The Morgan fingerprint density at radius 2 is 2.31 bits per heavy atom. The van der Waals surface area contributed by atoms with E-state index >= 15 is 0 Å². The number of pyridine rings is 1. The minimum atomic E-state index is 0.706. The van der Waals surface area contributed by atoms with Crippen molar-refractivity contribution >= 4 is 0 Å². The van der Waals surface area contributed by atoms with Crippen molar-refractivity contribution in [2.75, 3.05) is 20.1 Å². The first-order valence-electron chi connectivity index (χ1n) is 6.17. The van der Waals surface area contributed by atoms with Crippen molar-refractivity contribution in [3.05, 3.63) is 30.1 Å². The van der Waals surface area contributed by atoms with Gasteiger partial charge in [-0.15, -0.1) is 0 Å². The van der Waals surface area contributed by atoms with Crippen LogP contribution in [-0.4, -0.2) is 36.1 Å². The Morgan fingerprint density at radius 3 is 3.12 bits per heavy atom. The highest BCUT2D eigenvalue weighted by atomic mass is 15.1. The van der Waals surface area contributed by atoms with Crippen LogP contribution in [0.3, 0.4) is 0 Å². The van der Waals surface area contributed by atoms with E-state index in [1.54, 1.807) is 0 Å². The van der Waals surface area contributed by atoms with Crippen LogP contribution < -0.4 is 5.32 Å². The number of hydrogen-bond donors (Lipinski definition) is 1. The minimum Gasteiger partial charge on any atom is -0.317 e. The third kappa shape index (κ3) is 3.29. The largest absolute Gasteiger partial charge is 0.317 e. The topological polar surface area (TPSA) is 28.2 Å². The zero-order valence-electron chi connectivity index (χ0n) is 10.0. The molecule has 1 aliphatic rings. The molecule has 2 heterocycles. The molecule has 1 aromatic rings. The van der Waals surface area contributed by atoms with Crippen LogP contribution in [-0.2, 0) is 6.54 Å². The van der Waals surface area contributed by atoms with Crippen molar-refractivity contribution < 1.29 is 0 Å². The lowest BCUT2D eigenvalue weighted by Crippen LogP contribution is -2.32. The Kier molecular flexibility index (Phi) is 4.31. The highest BCUT2D eigenvalue weighted by Gasteiger charge is 2.16. The van der Waals surface area contributed by atoms with Gasteiger partial charge in [0.2, 0.25) is 0 Å². The van der Waals surface area contributed by atoms with Crippen LogP contribution in [0.5, 0.6) is 0 Å². The first kappa shape index (κ1) is 11.6. The van der Waals surface area contributed by atoms with Gasteiger partial charge in [-0.3, -0.25) is 9.88 Å². The fraction of sp³-hybridized carbons (Fsp3) is 0.615. The first-order chi connectivity index (χ1) is 7.86. The predicted octanol–water partition coefficient (Wildman–Crippen LogP) is 1.66. The van der Waals surface area contributed by atoms with Crippen LogP contribution in [0.1, 0.15) is 25.0 Å². The van der Waals surface area contributed by atoms with Gasteiger partial charge in [-0.1, -0.05) is 6.07 Å². The third-order valence-corrected chi connectivity index (χ3v) is 3.31. The summed E-state index contributed by atoms with van der Waals surface area (Å²) in [6, 6.07) is 6.84. The molecular formula is C13H21N3. The van der Waals surface area contributed by atoms with Crippen LogP contribution in [0, 0.1) is 0 Å². The van der Waals surface area contributed by atoms with Gasteiger partial charge in [0.05, 0.1) is 5.69 Å². The lowest BCUT2D eigenvalue weighted by atomic mass is 10.1. The Balaban J connectivity index is 1.89. The summed E-state index contributed by atoms with van der Waals surface area (Å²) < 4.78 is 0. The minimum absolute atomic E-state index is 0.706. The van der Waals surface area contributed by atoms with E-state index in [4.69, 9.17) is 0 Å². The summed E-state index contributed by atoms with van der Waals surface area (Å²) in [4.78, 5) is 6.82. The molecule has 0 saturated carbocycles. The molecule has 88 valence electrons. The molecule has 3 nitrogen and oxygen atoms in total. The molecule has 1 atom stereocenters. The molecular weight excluding hydrogens is 198 g/mol. The number of hydrogen-bond acceptors (Lipinski definition) is 3. The van der Waals surface area contributed by atoms with Gasteiger partial charge >= 0.3 is 0 Å². The van der Waals surface area contributed by atoms with Gasteiger partial charge < -0.3 is 5.32 Å². The highest BCUT2D eigenvalue weighted by molar-refractivity contribution is 5.03. The maximum absolute atomic E-state index is 4.38. The molecule has 1 saturated heterocycles. The van der Waals surface area contributed by atoms with Crippen LogP contribution in [0.2, 0.25) is 0 Å². The molecule has 1 fully saturated rings. The van der Waals surface area contributed by atoms with Gasteiger partial charge in [0.15, 0.2) is 0 Å². The average molecular weight is 219 g/mol. The summed E-state index contributed by atoms with van der Waals surface area (Å²) >= 11 is 0. The second-order valence-corrected chi connectivity index (χ2v) is 4.57. The molecule has 0 aliphatic carbocycles. The Morgan fingerprint density at radius 1 is 1.38 bits per heavy atom. The van der Waals surface area contributed by atoms with E-state index in [2.05, 4.69) is 34.4 Å². The van der Waals surface area contributed by atoms with Crippen molar-refractivity contribution in [2.24, 2.45) is 0 Å². The zero-order valence-corrected chi connectivity index (χ0v) is 10.0. The number of nitrogens with one attached hydrogen (secondary N) is 1. The van der Waals surface area contributed by atoms with Crippen LogP contribution in [0.15, 0.2) is 24.4 Å². The van der Waals surface area contributed by atoms with E-state index in [9.17, 15) is 0 Å². The molecule has 0 spiro atoms. The van der Waals surface area contributed by atoms with Gasteiger partial charge in [0.25, 0.3) is 0 Å². The normalized spacial score (nSPS) is 22.0. The molecule has 16 heavy (non-hydrogen) atoms. The summed E-state index contributed by atoms with van der Waals surface area (Å²) in [5.41, 5.74) is 1.17. The van der Waals surface area contributed by atoms with Crippen molar-refractivity contribution in [1.82, 2.24) is 15.2 Å². The fourth-order valence-corrected chi connectivity index (χ4v) is 2.32. The second-order valence-electron chi connectivity index (χ2n) is 4.57. The molecule has 0 radical (unpaired) electrons. The molecule has 0 aromatic carbocycles. The predicted molar refractivity (Wildman–Crippen MR) is 66.2 cm³/mol. The zero-order chi connectivity index (χ0) is 11.2. The Bertz CT molecular complexity index is 291. The Hall–Kier alpha value is -0.930. The van der Waals surface area contributed by atoms with Gasteiger partial charge in [0, 0.05) is 18.8 Å². The van der Waals surface area contributed by atoms with Crippen LogP contribution in [0.25, 0.3) is 0 Å². The molecule has 2 rings (SSSR count). The van der Waals surface area contributed by atoms with Gasteiger partial charge in [-0.25, -0.2) is 0 Å². The van der Waals surface area contributed by atoms with Crippen molar-refractivity contribution in [1.29, 1.82) is 0 Å². The Labute approximate surface area is 97.9 Å². The second kappa shape index (κ2) is 5.97. The van der Waals surface area contributed by atoms with Crippen molar-refractivity contribution in [3.8, 4) is 0 Å². The smallest absolute Gasteiger partial charge is 0.0543 e. The van der Waals surface area contributed by atoms with E-state index in [1.165, 1.54) is 31.5 Å². The molecule has 0 unspecified atom stereocenters. The maximum atomic E-state index is 4.38. The molecule has 1 N–H and O–H groups in total. The quantitative estimate of drug-likeness (QED) is 0.838. The molecule has 3 heteroatoms. The lowest BCUT2D eigenvalue weighted by molar-refractivity contribution is 0.214. The summed E-state index contributed by atoms with van der Waals surface area (Å²) in [5, 5.41) is 3.45. The first-order valence-corrected chi connectivity index (χ1v) is 6.17. The standard InChI is InChI=1S/C13H21N3/c1-16(11-12-5-2-3-9-15-12)13-6-4-8-14-10-7-13/h2-3,5,9,13-14H,4,6-8,10-11H2,1H3/t13-/m1/s1. The average Bonchev–Trinajstić information content (AvgIpc) is 2.59. The van der Waals surface area contributed by atoms with Crippen LogP contribution in [0.4, 0.5) is 0 Å². The maximum Gasteiger partial charge on any atom is 0.0543 e. The van der Waals surface area contributed by atoms with Gasteiger partial charge in [-0.2, -0.15) is 0 Å². The van der Waals surface area contributed by atoms with E-state index in [0.29, 0.717) is 6.04 Å². The summed E-state index contributed by atoms with van der Waals surface area (Å²) in [5.74, 6) is 0. The molecule has 1 aliphatic heterocycles. The summed E-state index contributed by atoms with van der Waals surface area (Å²) in [6.45, 7) is 3.29. The third-order valence-electron chi connectivity index (χ3n) is 3.31. The number of nitrogens with zero attached hydrogens (tertiary/aromatic N) is 2. The van der Waals surface area contributed by atoms with E-state index in [1.807, 2.05) is 12.3 Å². The van der Waals surface area contributed by atoms with Crippen LogP contribution >= 0.6 is 0 Å². The molecule has 0 bridgehead atoms. The van der Waals surface area contributed by atoms with Crippen molar-refractivity contribution in [2.45, 2.75) is 31.8 Å². The van der Waals surface area contributed by atoms with E-state index < -0.39 is 0 Å². The monoisotopic (exact) mass is 219 g/mol. The van der Waals surface area contributed by atoms with E-state index in [0.717, 1.165) is 13.1 Å². The lowest BCUT2D eigenvalue weighted by Gasteiger charge is -2.26. The molecule has 0 amide bonds. The number of aromatic nitrogens is 1. The summed E-state index contributed by atoms with van der Waals surface area (Å²) in [6.07, 6.45) is 5.72. The van der Waals surface area contributed by atoms with E-state index in [-0.39, 0.29) is 0 Å². The van der Waals surface area contributed by atoms with Gasteiger partial charge in [0.1, 0.15) is 0 Å². The number of rotatable bonds is 3.